The molecule has 4 rings (SSSR count). The van der Waals surface area contributed by atoms with Gasteiger partial charge in [0.2, 0.25) is 0 Å². The minimum absolute atomic E-state index is 0.458. The van der Waals surface area contributed by atoms with E-state index in [-0.39, 0.29) is 0 Å². The Bertz CT molecular complexity index is 954. The van der Waals surface area contributed by atoms with E-state index in [1.807, 2.05) is 72.8 Å². The molecule has 116 valence electrons. The number of rotatable bonds is 2. The average molecular weight is 314 g/mol. The van der Waals surface area contributed by atoms with Gasteiger partial charge < -0.3 is 9.47 Å². The fraction of sp³-hybridized carbons (Fsp3) is 0. The van der Waals surface area contributed by atoms with E-state index in [1.54, 1.807) is 12.1 Å². The molecule has 4 aromatic rings. The number of hydrogen-bond acceptors (Lipinski definition) is 3. The predicted octanol–water partition coefficient (Wildman–Crippen LogP) is 5.57. The largest absolute Gasteiger partial charge is 0.519 e. The Morgan fingerprint density at radius 3 is 1.42 bits per heavy atom. The summed E-state index contributed by atoms with van der Waals surface area (Å²) in [6.07, 6.45) is -0.749. The van der Waals surface area contributed by atoms with Crippen molar-refractivity contribution in [3.63, 3.8) is 0 Å². The van der Waals surface area contributed by atoms with Crippen molar-refractivity contribution in [2.24, 2.45) is 0 Å². The van der Waals surface area contributed by atoms with Gasteiger partial charge in [-0.25, -0.2) is 4.79 Å². The summed E-state index contributed by atoms with van der Waals surface area (Å²) in [5.41, 5.74) is 0. The fourth-order valence-corrected chi connectivity index (χ4v) is 2.68. The summed E-state index contributed by atoms with van der Waals surface area (Å²) in [5.74, 6) is 0.916. The maximum Gasteiger partial charge on any atom is 0.519 e. The van der Waals surface area contributed by atoms with Crippen LogP contribution in [0.5, 0.6) is 11.5 Å². The summed E-state index contributed by atoms with van der Waals surface area (Å²) >= 11 is 0. The minimum Gasteiger partial charge on any atom is -0.395 e. The van der Waals surface area contributed by atoms with Crippen molar-refractivity contribution in [3.05, 3.63) is 84.9 Å². The normalized spacial score (nSPS) is 10.7. The first-order valence-corrected chi connectivity index (χ1v) is 7.65. The number of carbonyl (C=O) groups is 1. The summed E-state index contributed by atoms with van der Waals surface area (Å²) in [4.78, 5) is 12.0. The molecule has 4 aromatic carbocycles. The highest BCUT2D eigenvalue weighted by Crippen LogP contribution is 2.23. The van der Waals surface area contributed by atoms with Crippen LogP contribution < -0.4 is 9.47 Å². The molecule has 0 aliphatic carbocycles. The molecule has 0 unspecified atom stereocenters. The van der Waals surface area contributed by atoms with Gasteiger partial charge >= 0.3 is 6.16 Å². The van der Waals surface area contributed by atoms with Gasteiger partial charge in [0, 0.05) is 0 Å². The lowest BCUT2D eigenvalue weighted by Crippen LogP contribution is -2.13. The first-order valence-electron chi connectivity index (χ1n) is 7.65. The molecule has 24 heavy (non-hydrogen) atoms. The topological polar surface area (TPSA) is 35.5 Å². The Morgan fingerprint density at radius 2 is 0.958 bits per heavy atom. The lowest BCUT2D eigenvalue weighted by Gasteiger charge is -2.07. The molecule has 0 aliphatic rings. The van der Waals surface area contributed by atoms with E-state index in [0.717, 1.165) is 21.5 Å². The SMILES string of the molecule is O=C(Oc1ccc2ccccc2c1)Oc1ccc2ccccc2c1. The van der Waals surface area contributed by atoms with Crippen molar-refractivity contribution >= 4 is 27.7 Å². The molecule has 3 heteroatoms. The van der Waals surface area contributed by atoms with Gasteiger partial charge in [0.25, 0.3) is 0 Å². The van der Waals surface area contributed by atoms with Crippen LogP contribution in [-0.2, 0) is 0 Å². The van der Waals surface area contributed by atoms with Crippen LogP contribution in [0.25, 0.3) is 21.5 Å². The summed E-state index contributed by atoms with van der Waals surface area (Å²) in [5, 5.41) is 4.20. The molecular formula is C21H14O3. The predicted molar refractivity (Wildman–Crippen MR) is 94.5 cm³/mol. The van der Waals surface area contributed by atoms with E-state index in [9.17, 15) is 4.79 Å². The lowest BCUT2D eigenvalue weighted by atomic mass is 10.1. The third-order valence-corrected chi connectivity index (χ3v) is 3.84. The van der Waals surface area contributed by atoms with E-state index in [2.05, 4.69) is 0 Å². The second-order valence-corrected chi connectivity index (χ2v) is 5.47. The second kappa shape index (κ2) is 6.05. The average Bonchev–Trinajstić information content (AvgIpc) is 2.61. The van der Waals surface area contributed by atoms with Crippen LogP contribution in [0.3, 0.4) is 0 Å². The first kappa shape index (κ1) is 14.3. The van der Waals surface area contributed by atoms with Gasteiger partial charge in [-0.05, 0) is 45.8 Å². The van der Waals surface area contributed by atoms with Crippen molar-refractivity contribution in [1.82, 2.24) is 0 Å². The van der Waals surface area contributed by atoms with Gasteiger partial charge in [-0.2, -0.15) is 0 Å². The number of hydrogen-bond donors (Lipinski definition) is 0. The highest BCUT2D eigenvalue weighted by molar-refractivity contribution is 5.85. The Morgan fingerprint density at radius 1 is 0.542 bits per heavy atom. The van der Waals surface area contributed by atoms with Gasteiger partial charge in [0.05, 0.1) is 0 Å². The van der Waals surface area contributed by atoms with Gasteiger partial charge in [0.15, 0.2) is 0 Å². The van der Waals surface area contributed by atoms with Crippen LogP contribution in [0, 0.1) is 0 Å². The third-order valence-electron chi connectivity index (χ3n) is 3.84. The van der Waals surface area contributed by atoms with E-state index in [1.165, 1.54) is 0 Å². The summed E-state index contributed by atoms with van der Waals surface area (Å²) < 4.78 is 10.6. The van der Waals surface area contributed by atoms with E-state index in [0.29, 0.717) is 11.5 Å². The van der Waals surface area contributed by atoms with Gasteiger partial charge in [-0.15, -0.1) is 0 Å². The van der Waals surface area contributed by atoms with Crippen LogP contribution >= 0.6 is 0 Å². The minimum atomic E-state index is -0.749. The van der Waals surface area contributed by atoms with Gasteiger partial charge in [0.1, 0.15) is 11.5 Å². The van der Waals surface area contributed by atoms with Crippen LogP contribution in [0.2, 0.25) is 0 Å². The highest BCUT2D eigenvalue weighted by atomic mass is 16.7. The quantitative estimate of drug-likeness (QED) is 0.358. The lowest BCUT2D eigenvalue weighted by molar-refractivity contribution is 0.152. The van der Waals surface area contributed by atoms with Crippen molar-refractivity contribution in [1.29, 1.82) is 0 Å². The number of ether oxygens (including phenoxy) is 2. The molecule has 0 spiro atoms. The number of benzene rings is 4. The number of carbonyl (C=O) groups excluding carboxylic acids is 1. The van der Waals surface area contributed by atoms with Crippen LogP contribution in [0.4, 0.5) is 4.79 Å². The molecule has 0 radical (unpaired) electrons. The van der Waals surface area contributed by atoms with Crippen molar-refractivity contribution in [2.75, 3.05) is 0 Å². The van der Waals surface area contributed by atoms with Crippen molar-refractivity contribution in [3.8, 4) is 11.5 Å². The zero-order valence-electron chi connectivity index (χ0n) is 12.8. The molecule has 0 amide bonds. The Hall–Kier alpha value is -3.33. The van der Waals surface area contributed by atoms with Crippen LogP contribution in [-0.4, -0.2) is 6.16 Å². The second-order valence-electron chi connectivity index (χ2n) is 5.47. The molecule has 0 heterocycles. The van der Waals surface area contributed by atoms with Crippen molar-refractivity contribution < 1.29 is 14.3 Å². The molecule has 0 atom stereocenters. The van der Waals surface area contributed by atoms with Gasteiger partial charge in [-0.1, -0.05) is 60.7 Å². The fourth-order valence-electron chi connectivity index (χ4n) is 2.68. The molecule has 0 aliphatic heterocycles. The number of fused-ring (bicyclic) bond motifs is 2. The van der Waals surface area contributed by atoms with Crippen LogP contribution in [0.1, 0.15) is 0 Å². The zero-order chi connectivity index (χ0) is 16.4. The van der Waals surface area contributed by atoms with Crippen molar-refractivity contribution in [2.45, 2.75) is 0 Å². The molecule has 0 fully saturated rings. The molecule has 0 aromatic heterocycles. The third kappa shape index (κ3) is 2.92. The maximum absolute atomic E-state index is 12.0. The molecule has 0 saturated carbocycles. The van der Waals surface area contributed by atoms with Gasteiger partial charge in [-0.3, -0.25) is 0 Å². The Labute approximate surface area is 139 Å². The van der Waals surface area contributed by atoms with E-state index in [4.69, 9.17) is 9.47 Å². The first-order chi connectivity index (χ1) is 11.8. The standard InChI is InChI=1S/C21H14O3/c22-21(23-19-11-9-15-5-1-3-7-17(15)13-19)24-20-12-10-16-6-2-4-8-18(16)14-20/h1-14H. The molecule has 0 bridgehead atoms. The Kier molecular flexibility index (Phi) is 3.60. The molecule has 3 nitrogen and oxygen atoms in total. The summed E-state index contributed by atoms with van der Waals surface area (Å²) in [6, 6.07) is 26.7. The van der Waals surface area contributed by atoms with E-state index >= 15 is 0 Å². The monoisotopic (exact) mass is 314 g/mol. The molecule has 0 saturated heterocycles. The Balaban J connectivity index is 1.52. The zero-order valence-corrected chi connectivity index (χ0v) is 12.8. The molecule has 0 N–H and O–H groups in total. The molecular weight excluding hydrogens is 300 g/mol. The maximum atomic E-state index is 12.0. The summed E-state index contributed by atoms with van der Waals surface area (Å²) in [6.45, 7) is 0. The summed E-state index contributed by atoms with van der Waals surface area (Å²) in [7, 11) is 0. The smallest absolute Gasteiger partial charge is 0.395 e. The van der Waals surface area contributed by atoms with Crippen LogP contribution in [0.15, 0.2) is 84.9 Å². The van der Waals surface area contributed by atoms with E-state index < -0.39 is 6.16 Å². The highest BCUT2D eigenvalue weighted by Gasteiger charge is 2.09.